The number of amides is 3. The molecular formula is C16H23N3O4. The molecule has 1 aromatic rings. The lowest BCUT2D eigenvalue weighted by atomic mass is 9.97. The van der Waals surface area contributed by atoms with Crippen LogP contribution < -0.4 is 16.4 Å². The van der Waals surface area contributed by atoms with E-state index in [2.05, 4.69) is 10.6 Å². The van der Waals surface area contributed by atoms with Crippen molar-refractivity contribution >= 4 is 23.6 Å². The molecule has 23 heavy (non-hydrogen) atoms. The summed E-state index contributed by atoms with van der Waals surface area (Å²) in [5, 5.41) is 14.3. The summed E-state index contributed by atoms with van der Waals surface area (Å²) in [7, 11) is 0. The smallest absolute Gasteiger partial charge is 0.319 e. The van der Waals surface area contributed by atoms with E-state index in [4.69, 9.17) is 10.8 Å². The third kappa shape index (κ3) is 5.98. The zero-order valence-corrected chi connectivity index (χ0v) is 13.6. The Labute approximate surface area is 135 Å². The second-order valence-corrected chi connectivity index (χ2v) is 5.89. The van der Waals surface area contributed by atoms with Crippen molar-refractivity contribution in [1.29, 1.82) is 0 Å². The maximum atomic E-state index is 11.8. The summed E-state index contributed by atoms with van der Waals surface area (Å²) >= 11 is 0. The Bertz CT molecular complexity index is 599. The van der Waals surface area contributed by atoms with Crippen molar-refractivity contribution in [2.24, 2.45) is 17.6 Å². The number of aryl methyl sites for hydroxylation is 1. The molecule has 0 aliphatic heterocycles. The Balaban J connectivity index is 2.61. The molecule has 7 nitrogen and oxygen atoms in total. The summed E-state index contributed by atoms with van der Waals surface area (Å²) in [6.07, 6.45) is 0.488. The second kappa shape index (κ2) is 8.17. The van der Waals surface area contributed by atoms with Crippen LogP contribution in [0.5, 0.6) is 0 Å². The van der Waals surface area contributed by atoms with Crippen molar-refractivity contribution in [3.63, 3.8) is 0 Å². The number of rotatable bonds is 7. The van der Waals surface area contributed by atoms with Crippen molar-refractivity contribution in [2.75, 3.05) is 11.9 Å². The monoisotopic (exact) mass is 321 g/mol. The summed E-state index contributed by atoms with van der Waals surface area (Å²) in [4.78, 5) is 34.1. The Morgan fingerprint density at radius 3 is 2.39 bits per heavy atom. The van der Waals surface area contributed by atoms with Crippen LogP contribution in [0.1, 0.15) is 36.2 Å². The van der Waals surface area contributed by atoms with Crippen molar-refractivity contribution in [3.8, 4) is 0 Å². The van der Waals surface area contributed by atoms with Crippen LogP contribution in [0.3, 0.4) is 0 Å². The predicted molar refractivity (Wildman–Crippen MR) is 87.3 cm³/mol. The van der Waals surface area contributed by atoms with Crippen LogP contribution in [-0.4, -0.2) is 29.6 Å². The number of benzene rings is 1. The van der Waals surface area contributed by atoms with Gasteiger partial charge in [0.25, 0.3) is 0 Å². The van der Waals surface area contributed by atoms with Crippen molar-refractivity contribution < 1.29 is 19.5 Å². The molecule has 0 heterocycles. The standard InChI is InChI=1S/C16H23N3O4/c1-9(2)6-11(15(21)22)8-18-16(23)19-12-4-5-13(14(17)20)10(3)7-12/h4-5,7,9,11H,6,8H2,1-3H3,(H2,17,20)(H,21,22)(H2,18,19,23). The van der Waals surface area contributed by atoms with E-state index in [9.17, 15) is 14.4 Å². The van der Waals surface area contributed by atoms with Gasteiger partial charge in [-0.05, 0) is 43.0 Å². The van der Waals surface area contributed by atoms with E-state index < -0.39 is 23.8 Å². The molecule has 1 unspecified atom stereocenters. The number of aliphatic carboxylic acids is 1. The van der Waals surface area contributed by atoms with Gasteiger partial charge in [-0.2, -0.15) is 0 Å². The normalized spacial score (nSPS) is 11.8. The van der Waals surface area contributed by atoms with E-state index in [0.29, 0.717) is 23.2 Å². The molecule has 0 fully saturated rings. The highest BCUT2D eigenvalue weighted by Crippen LogP contribution is 2.15. The summed E-state index contributed by atoms with van der Waals surface area (Å²) in [5.74, 6) is -1.86. The lowest BCUT2D eigenvalue weighted by Gasteiger charge is -2.16. The van der Waals surface area contributed by atoms with E-state index in [0.717, 1.165) is 0 Å². The van der Waals surface area contributed by atoms with Gasteiger partial charge in [-0.25, -0.2) is 4.79 Å². The molecular weight excluding hydrogens is 298 g/mol. The Hall–Kier alpha value is -2.57. The predicted octanol–water partition coefficient (Wildman–Crippen LogP) is 1.96. The van der Waals surface area contributed by atoms with Gasteiger partial charge in [-0.3, -0.25) is 9.59 Å². The first-order chi connectivity index (χ1) is 10.7. The molecule has 7 heteroatoms. The number of carboxylic acid groups (broad SMARTS) is 1. The molecule has 0 bridgehead atoms. The summed E-state index contributed by atoms with van der Waals surface area (Å²) in [6.45, 7) is 5.63. The zero-order valence-electron chi connectivity index (χ0n) is 13.6. The van der Waals surface area contributed by atoms with Crippen molar-refractivity contribution in [3.05, 3.63) is 29.3 Å². The maximum absolute atomic E-state index is 11.8. The quantitative estimate of drug-likeness (QED) is 0.613. The largest absolute Gasteiger partial charge is 0.481 e. The van der Waals surface area contributed by atoms with Crippen LogP contribution >= 0.6 is 0 Å². The van der Waals surface area contributed by atoms with Crippen LogP contribution in [0.25, 0.3) is 0 Å². The van der Waals surface area contributed by atoms with Gasteiger partial charge in [-0.15, -0.1) is 0 Å². The molecule has 0 aromatic heterocycles. The van der Waals surface area contributed by atoms with Crippen LogP contribution in [0, 0.1) is 18.8 Å². The Morgan fingerprint density at radius 1 is 1.26 bits per heavy atom. The number of carbonyl (C=O) groups excluding carboxylic acids is 2. The maximum Gasteiger partial charge on any atom is 0.319 e. The molecule has 0 saturated heterocycles. The lowest BCUT2D eigenvalue weighted by Crippen LogP contribution is -2.36. The highest BCUT2D eigenvalue weighted by Gasteiger charge is 2.19. The molecule has 0 spiro atoms. The summed E-state index contributed by atoms with van der Waals surface area (Å²) in [6, 6.07) is 4.23. The lowest BCUT2D eigenvalue weighted by molar-refractivity contribution is -0.142. The Morgan fingerprint density at radius 2 is 1.91 bits per heavy atom. The molecule has 1 atom stereocenters. The van der Waals surface area contributed by atoms with Crippen LogP contribution in [0.2, 0.25) is 0 Å². The molecule has 1 aromatic carbocycles. The average Bonchev–Trinajstić information content (AvgIpc) is 2.42. The Kier molecular flexibility index (Phi) is 6.56. The highest BCUT2D eigenvalue weighted by molar-refractivity contribution is 5.96. The number of carbonyl (C=O) groups is 3. The molecule has 0 radical (unpaired) electrons. The van der Waals surface area contributed by atoms with E-state index in [1.54, 1.807) is 19.1 Å². The minimum absolute atomic E-state index is 0.0533. The number of carboxylic acids is 1. The van der Waals surface area contributed by atoms with E-state index in [1.807, 2.05) is 13.8 Å². The summed E-state index contributed by atoms with van der Waals surface area (Å²) < 4.78 is 0. The first-order valence-corrected chi connectivity index (χ1v) is 7.38. The molecule has 3 amide bonds. The average molecular weight is 321 g/mol. The first-order valence-electron chi connectivity index (χ1n) is 7.38. The minimum Gasteiger partial charge on any atom is -0.481 e. The van der Waals surface area contributed by atoms with Gasteiger partial charge in [0.1, 0.15) is 0 Å². The number of nitrogens with one attached hydrogen (secondary N) is 2. The number of urea groups is 1. The van der Waals surface area contributed by atoms with Crippen LogP contribution in [0.15, 0.2) is 18.2 Å². The number of hydrogen-bond acceptors (Lipinski definition) is 3. The SMILES string of the molecule is Cc1cc(NC(=O)NCC(CC(C)C)C(=O)O)ccc1C(N)=O. The molecule has 5 N–H and O–H groups in total. The fraction of sp³-hybridized carbons (Fsp3) is 0.438. The highest BCUT2D eigenvalue weighted by atomic mass is 16.4. The summed E-state index contributed by atoms with van der Waals surface area (Å²) in [5.41, 5.74) is 6.76. The van der Waals surface area contributed by atoms with Gasteiger partial charge in [0.05, 0.1) is 5.92 Å². The number of anilines is 1. The first kappa shape index (κ1) is 18.5. The zero-order chi connectivity index (χ0) is 17.6. The third-order valence-electron chi connectivity index (χ3n) is 3.36. The van der Waals surface area contributed by atoms with Gasteiger partial charge in [-0.1, -0.05) is 13.8 Å². The number of nitrogens with two attached hydrogens (primary N) is 1. The van der Waals surface area contributed by atoms with E-state index >= 15 is 0 Å². The molecule has 126 valence electrons. The van der Waals surface area contributed by atoms with Crippen LogP contribution in [-0.2, 0) is 4.79 Å². The van der Waals surface area contributed by atoms with Gasteiger partial charge < -0.3 is 21.5 Å². The van der Waals surface area contributed by atoms with Gasteiger partial charge in [0.15, 0.2) is 0 Å². The van der Waals surface area contributed by atoms with Crippen molar-refractivity contribution in [2.45, 2.75) is 27.2 Å². The second-order valence-electron chi connectivity index (χ2n) is 5.89. The molecule has 0 aliphatic carbocycles. The molecule has 1 rings (SSSR count). The van der Waals surface area contributed by atoms with E-state index in [-0.39, 0.29) is 12.5 Å². The van der Waals surface area contributed by atoms with Gasteiger partial charge in [0.2, 0.25) is 5.91 Å². The number of hydrogen-bond donors (Lipinski definition) is 4. The van der Waals surface area contributed by atoms with E-state index in [1.165, 1.54) is 6.07 Å². The van der Waals surface area contributed by atoms with Crippen LogP contribution in [0.4, 0.5) is 10.5 Å². The third-order valence-corrected chi connectivity index (χ3v) is 3.36. The van der Waals surface area contributed by atoms with Crippen molar-refractivity contribution in [1.82, 2.24) is 5.32 Å². The number of primary amides is 1. The van der Waals surface area contributed by atoms with Gasteiger partial charge in [0, 0.05) is 17.8 Å². The molecule has 0 aliphatic rings. The fourth-order valence-corrected chi connectivity index (χ4v) is 2.25. The molecule has 0 saturated carbocycles. The minimum atomic E-state index is -0.930. The fourth-order valence-electron chi connectivity index (χ4n) is 2.25. The van der Waals surface area contributed by atoms with Gasteiger partial charge >= 0.3 is 12.0 Å². The topological polar surface area (TPSA) is 122 Å².